The SMILES string of the molecule is ICc1nccn1C#Cc1ccccc1. The van der Waals surface area contributed by atoms with Crippen molar-refractivity contribution in [3.8, 4) is 12.0 Å². The Labute approximate surface area is 102 Å². The number of aromatic nitrogens is 2. The Hall–Kier alpha value is -1.28. The summed E-state index contributed by atoms with van der Waals surface area (Å²) >= 11 is 2.28. The Balaban J connectivity index is 2.26. The summed E-state index contributed by atoms with van der Waals surface area (Å²) in [5, 5.41) is 0. The first-order chi connectivity index (χ1) is 7.40. The molecule has 74 valence electrons. The number of alkyl halides is 1. The summed E-state index contributed by atoms with van der Waals surface area (Å²) in [7, 11) is 0. The summed E-state index contributed by atoms with van der Waals surface area (Å²) in [5.74, 6) is 4.08. The minimum absolute atomic E-state index is 0.869. The average Bonchev–Trinajstić information content (AvgIpc) is 2.75. The van der Waals surface area contributed by atoms with Gasteiger partial charge in [-0.25, -0.2) is 4.98 Å². The molecule has 0 N–H and O–H groups in total. The van der Waals surface area contributed by atoms with Crippen molar-refractivity contribution < 1.29 is 0 Å². The van der Waals surface area contributed by atoms with Crippen LogP contribution in [0.15, 0.2) is 42.7 Å². The molecule has 0 saturated heterocycles. The summed E-state index contributed by atoms with van der Waals surface area (Å²) in [4.78, 5) is 4.20. The summed E-state index contributed by atoms with van der Waals surface area (Å²) in [6.07, 6.45) is 3.65. The summed E-state index contributed by atoms with van der Waals surface area (Å²) in [6, 6.07) is 13.0. The van der Waals surface area contributed by atoms with E-state index >= 15 is 0 Å². The normalized spacial score (nSPS) is 9.40. The van der Waals surface area contributed by atoms with Crippen LogP contribution in [0.25, 0.3) is 0 Å². The quantitative estimate of drug-likeness (QED) is 0.450. The lowest BCUT2D eigenvalue weighted by Gasteiger charge is -1.93. The zero-order chi connectivity index (χ0) is 10.5. The first-order valence-electron chi connectivity index (χ1n) is 4.55. The van der Waals surface area contributed by atoms with Gasteiger partial charge in [-0.15, -0.1) is 0 Å². The summed E-state index contributed by atoms with van der Waals surface area (Å²) in [5.41, 5.74) is 1.02. The smallest absolute Gasteiger partial charge is 0.130 e. The molecule has 0 bridgehead atoms. The predicted octanol–water partition coefficient (Wildman–Crippen LogP) is 2.68. The third-order valence-corrected chi connectivity index (χ3v) is 2.61. The van der Waals surface area contributed by atoms with Crippen molar-refractivity contribution in [2.75, 3.05) is 0 Å². The number of hydrogen-bond acceptors (Lipinski definition) is 1. The maximum atomic E-state index is 4.20. The number of rotatable bonds is 1. The van der Waals surface area contributed by atoms with Crippen LogP contribution in [0.3, 0.4) is 0 Å². The molecule has 0 aliphatic heterocycles. The van der Waals surface area contributed by atoms with Gasteiger partial charge >= 0.3 is 0 Å². The van der Waals surface area contributed by atoms with Crippen LogP contribution in [0.4, 0.5) is 0 Å². The van der Waals surface area contributed by atoms with E-state index < -0.39 is 0 Å². The van der Waals surface area contributed by atoms with E-state index in [0.717, 1.165) is 15.8 Å². The van der Waals surface area contributed by atoms with Gasteiger partial charge in [0.05, 0.1) is 4.43 Å². The highest BCUT2D eigenvalue weighted by molar-refractivity contribution is 14.1. The molecule has 0 saturated carbocycles. The van der Waals surface area contributed by atoms with Crippen LogP contribution in [0, 0.1) is 12.0 Å². The summed E-state index contributed by atoms with van der Waals surface area (Å²) in [6.45, 7) is 0. The van der Waals surface area contributed by atoms with E-state index in [0.29, 0.717) is 0 Å². The van der Waals surface area contributed by atoms with E-state index in [9.17, 15) is 0 Å². The third-order valence-electron chi connectivity index (χ3n) is 1.93. The lowest BCUT2D eigenvalue weighted by Crippen LogP contribution is -1.93. The Morgan fingerprint density at radius 2 is 2.07 bits per heavy atom. The van der Waals surface area contributed by atoms with Crippen molar-refractivity contribution in [1.29, 1.82) is 0 Å². The lowest BCUT2D eigenvalue weighted by molar-refractivity contribution is 1.01. The highest BCUT2D eigenvalue weighted by Gasteiger charge is 1.95. The molecule has 2 nitrogen and oxygen atoms in total. The lowest BCUT2D eigenvalue weighted by atomic mass is 10.2. The number of benzene rings is 1. The van der Waals surface area contributed by atoms with Gasteiger partial charge in [0.25, 0.3) is 0 Å². The van der Waals surface area contributed by atoms with Crippen LogP contribution >= 0.6 is 22.6 Å². The molecule has 0 atom stereocenters. The second kappa shape index (κ2) is 4.99. The largest absolute Gasteiger partial charge is 0.261 e. The van der Waals surface area contributed by atoms with E-state index in [1.165, 1.54) is 0 Å². The average molecular weight is 308 g/mol. The van der Waals surface area contributed by atoms with E-state index in [1.807, 2.05) is 41.1 Å². The molecule has 0 fully saturated rings. The monoisotopic (exact) mass is 308 g/mol. The van der Waals surface area contributed by atoms with Crippen molar-refractivity contribution in [1.82, 2.24) is 9.55 Å². The van der Waals surface area contributed by atoms with Crippen molar-refractivity contribution in [2.24, 2.45) is 0 Å². The molecule has 15 heavy (non-hydrogen) atoms. The molecule has 0 aliphatic rings. The van der Waals surface area contributed by atoms with E-state index in [-0.39, 0.29) is 0 Å². The molecule has 0 aliphatic carbocycles. The molecule has 0 spiro atoms. The maximum absolute atomic E-state index is 4.20. The van der Waals surface area contributed by atoms with Gasteiger partial charge in [-0.05, 0) is 18.1 Å². The van der Waals surface area contributed by atoms with Crippen LogP contribution in [-0.2, 0) is 4.43 Å². The first kappa shape index (κ1) is 10.2. The van der Waals surface area contributed by atoms with Crippen molar-refractivity contribution in [3.63, 3.8) is 0 Å². The molecular formula is C12H9IN2. The van der Waals surface area contributed by atoms with Crippen LogP contribution in [0.2, 0.25) is 0 Å². The second-order valence-electron chi connectivity index (χ2n) is 2.95. The zero-order valence-corrected chi connectivity index (χ0v) is 10.2. The zero-order valence-electron chi connectivity index (χ0n) is 8.02. The maximum Gasteiger partial charge on any atom is 0.130 e. The third kappa shape index (κ3) is 2.60. The standard InChI is InChI=1S/C12H9IN2/c13-10-12-14-7-9-15(12)8-6-11-4-2-1-3-5-11/h1-5,7,9H,10H2. The van der Waals surface area contributed by atoms with Gasteiger partial charge in [-0.3, -0.25) is 4.57 Å². The molecule has 2 aromatic rings. The Kier molecular flexibility index (Phi) is 3.41. The van der Waals surface area contributed by atoms with Gasteiger partial charge in [-0.2, -0.15) is 0 Å². The molecule has 0 radical (unpaired) electrons. The highest BCUT2D eigenvalue weighted by Crippen LogP contribution is 2.02. The Morgan fingerprint density at radius 1 is 1.27 bits per heavy atom. The molecule has 0 amide bonds. The molecule has 0 unspecified atom stereocenters. The van der Waals surface area contributed by atoms with E-state index in [4.69, 9.17) is 0 Å². The molecule has 1 aromatic heterocycles. The van der Waals surface area contributed by atoms with Crippen LogP contribution in [0.5, 0.6) is 0 Å². The van der Waals surface area contributed by atoms with Gasteiger partial charge in [0.1, 0.15) is 5.82 Å². The van der Waals surface area contributed by atoms with Crippen molar-refractivity contribution in [2.45, 2.75) is 4.43 Å². The fourth-order valence-electron chi connectivity index (χ4n) is 1.18. The summed E-state index contributed by atoms with van der Waals surface area (Å²) < 4.78 is 2.73. The number of imidazole rings is 1. The fourth-order valence-corrected chi connectivity index (χ4v) is 1.75. The molecule has 2 rings (SSSR count). The van der Waals surface area contributed by atoms with Gasteiger partial charge in [-0.1, -0.05) is 40.8 Å². The van der Waals surface area contributed by atoms with Crippen LogP contribution in [0.1, 0.15) is 11.4 Å². The van der Waals surface area contributed by atoms with Gasteiger partial charge < -0.3 is 0 Å². The van der Waals surface area contributed by atoms with E-state index in [2.05, 4.69) is 39.5 Å². The Bertz CT molecular complexity index is 491. The van der Waals surface area contributed by atoms with Gasteiger partial charge in [0, 0.05) is 24.0 Å². The number of halogens is 1. The van der Waals surface area contributed by atoms with Gasteiger partial charge in [0.15, 0.2) is 0 Å². The fraction of sp³-hybridized carbons (Fsp3) is 0.0833. The van der Waals surface area contributed by atoms with Crippen molar-refractivity contribution >= 4 is 22.6 Å². The molecular weight excluding hydrogens is 299 g/mol. The topological polar surface area (TPSA) is 17.8 Å². The minimum Gasteiger partial charge on any atom is -0.261 e. The molecule has 1 heterocycles. The Morgan fingerprint density at radius 3 is 2.80 bits per heavy atom. The molecule has 3 heteroatoms. The van der Waals surface area contributed by atoms with Gasteiger partial charge in [0.2, 0.25) is 0 Å². The van der Waals surface area contributed by atoms with Crippen molar-refractivity contribution in [3.05, 3.63) is 54.1 Å². The number of hydrogen-bond donors (Lipinski definition) is 0. The van der Waals surface area contributed by atoms with Crippen LogP contribution in [-0.4, -0.2) is 9.55 Å². The first-order valence-corrected chi connectivity index (χ1v) is 6.08. The van der Waals surface area contributed by atoms with Crippen LogP contribution < -0.4 is 0 Å². The van der Waals surface area contributed by atoms with E-state index in [1.54, 1.807) is 6.20 Å². The number of nitrogens with zero attached hydrogens (tertiary/aromatic N) is 2. The predicted molar refractivity (Wildman–Crippen MR) is 68.7 cm³/mol. The highest BCUT2D eigenvalue weighted by atomic mass is 127. The minimum atomic E-state index is 0.869. The molecule has 1 aromatic carbocycles. The second-order valence-corrected chi connectivity index (χ2v) is 3.71.